The number of amides is 1. The number of hydrogen-bond acceptors (Lipinski definition) is 18. The maximum absolute atomic E-state index is 13.4. The molecule has 0 aromatic rings. The summed E-state index contributed by atoms with van der Waals surface area (Å²) in [5, 5.41) is 121. The quantitative estimate of drug-likeness (QED) is 0.0199. The molecule has 1 amide bonds. The highest BCUT2D eigenvalue weighted by Gasteiger charge is 2.53. The summed E-state index contributed by atoms with van der Waals surface area (Å²) < 4.78 is 34.3. The fourth-order valence-corrected chi connectivity index (χ4v) is 11.6. The highest BCUT2D eigenvalue weighted by atomic mass is 16.8. The van der Waals surface area contributed by atoms with Crippen molar-refractivity contribution >= 4 is 5.91 Å². The average Bonchev–Trinajstić information content (AvgIpc) is 0.784. The second-order valence-corrected chi connectivity index (χ2v) is 26.0. The van der Waals surface area contributed by atoms with Crippen molar-refractivity contribution in [2.24, 2.45) is 0 Å². The number of hydrogen-bond donors (Lipinski definition) is 12. The Morgan fingerprint density at radius 2 is 0.714 bits per heavy atom. The number of unbranched alkanes of at least 4 members (excludes halogenated alkanes) is 20. The van der Waals surface area contributed by atoms with Crippen LogP contribution in [-0.2, 0) is 33.2 Å². The molecule has 0 spiro atoms. The molecule has 12 N–H and O–H groups in total. The van der Waals surface area contributed by atoms with Gasteiger partial charge in [-0.1, -0.05) is 244 Å². The zero-order valence-corrected chi connectivity index (χ0v) is 59.5. The second kappa shape index (κ2) is 58.4. The summed E-state index contributed by atoms with van der Waals surface area (Å²) in [6, 6.07) is -1.01. The van der Waals surface area contributed by atoms with Gasteiger partial charge in [0, 0.05) is 6.42 Å². The largest absolute Gasteiger partial charge is 0.394 e. The first kappa shape index (κ1) is 88.1. The van der Waals surface area contributed by atoms with Gasteiger partial charge in [0.25, 0.3) is 0 Å². The van der Waals surface area contributed by atoms with Crippen LogP contribution in [0.3, 0.4) is 0 Å². The molecule has 3 heterocycles. The van der Waals surface area contributed by atoms with E-state index in [0.717, 1.165) is 109 Å². The van der Waals surface area contributed by atoms with Crippen LogP contribution in [0.5, 0.6) is 0 Å². The van der Waals surface area contributed by atoms with Gasteiger partial charge in [0.05, 0.1) is 38.6 Å². The summed E-state index contributed by atoms with van der Waals surface area (Å²) in [4.78, 5) is 13.4. The number of nitrogens with one attached hydrogen (secondary N) is 1. The number of rotatable bonds is 56. The van der Waals surface area contributed by atoms with E-state index in [9.17, 15) is 61.0 Å². The number of aliphatic hydroxyl groups is 11. The number of aliphatic hydroxyl groups excluding tert-OH is 11. The number of ether oxygens (including phenoxy) is 6. The molecule has 0 radical (unpaired) electrons. The number of carbonyl (C=O) groups excluding carboxylic acids is 1. The van der Waals surface area contributed by atoms with Gasteiger partial charge in [0.1, 0.15) is 73.2 Å². The minimum atomic E-state index is -1.99. The molecule has 19 heteroatoms. The lowest BCUT2D eigenvalue weighted by atomic mass is 9.96. The minimum absolute atomic E-state index is 0.221. The van der Waals surface area contributed by atoms with E-state index >= 15 is 0 Å². The van der Waals surface area contributed by atoms with E-state index in [1.165, 1.54) is 83.5 Å². The van der Waals surface area contributed by atoms with Gasteiger partial charge in [-0.25, -0.2) is 0 Å². The summed E-state index contributed by atoms with van der Waals surface area (Å²) in [6.45, 7) is 1.56. The smallest absolute Gasteiger partial charge is 0.220 e. The Morgan fingerprint density at radius 1 is 0.378 bits per heavy atom. The fraction of sp³-hybridized carbons (Fsp3) is 0.709. The van der Waals surface area contributed by atoms with Gasteiger partial charge in [-0.05, 0) is 109 Å². The molecule has 3 rings (SSSR count). The van der Waals surface area contributed by atoms with Gasteiger partial charge in [0.15, 0.2) is 18.9 Å². The van der Waals surface area contributed by atoms with E-state index in [1.807, 2.05) is 6.08 Å². The predicted molar refractivity (Wildman–Crippen MR) is 387 cm³/mol. The summed E-state index contributed by atoms with van der Waals surface area (Å²) in [5.41, 5.74) is 0. The average molecular weight is 1380 g/mol. The van der Waals surface area contributed by atoms with Crippen LogP contribution >= 0.6 is 0 Å². The van der Waals surface area contributed by atoms with E-state index in [0.29, 0.717) is 12.8 Å². The molecule has 0 aliphatic carbocycles. The molecule has 19 nitrogen and oxygen atoms in total. The van der Waals surface area contributed by atoms with Crippen molar-refractivity contribution in [3.8, 4) is 0 Å². The Kier molecular flexibility index (Phi) is 52.6. The SMILES string of the molecule is CC/C=C\C/C=C\C/C=C\C/C=C\C/C=C\C/C=C\C/C=C\C/C=C\CCCCCCCCCCCCCCC(=O)NC(COC1OC(CO)C(OC2OC(CO)C(OC3OC(CO)C(O)C(O)C3O)C(O)C2O)C(O)C1O)C(O)/C=C/CC/C=C/CC/C=C/CCCCCCCC. The molecule has 0 aromatic heterocycles. The maximum Gasteiger partial charge on any atom is 0.220 e. The van der Waals surface area contributed by atoms with Gasteiger partial charge in [-0.15, -0.1) is 0 Å². The van der Waals surface area contributed by atoms with Crippen LogP contribution in [0.25, 0.3) is 0 Å². The Balaban J connectivity index is 1.36. The zero-order chi connectivity index (χ0) is 71.1. The lowest BCUT2D eigenvalue weighted by Crippen LogP contribution is -2.66. The maximum atomic E-state index is 13.4. The second-order valence-electron chi connectivity index (χ2n) is 26.0. The molecule has 98 heavy (non-hydrogen) atoms. The van der Waals surface area contributed by atoms with Gasteiger partial charge in [-0.3, -0.25) is 4.79 Å². The van der Waals surface area contributed by atoms with Crippen molar-refractivity contribution in [2.75, 3.05) is 26.4 Å². The van der Waals surface area contributed by atoms with Gasteiger partial charge in [-0.2, -0.15) is 0 Å². The minimum Gasteiger partial charge on any atom is -0.394 e. The number of allylic oxidation sites excluding steroid dienone is 21. The summed E-state index contributed by atoms with van der Waals surface area (Å²) in [7, 11) is 0. The van der Waals surface area contributed by atoms with Crippen molar-refractivity contribution in [3.05, 3.63) is 134 Å². The van der Waals surface area contributed by atoms with E-state index in [4.69, 9.17) is 28.4 Å². The highest BCUT2D eigenvalue weighted by molar-refractivity contribution is 5.76. The third kappa shape index (κ3) is 38.8. The van der Waals surface area contributed by atoms with E-state index in [2.05, 4.69) is 141 Å². The summed E-state index contributed by atoms with van der Waals surface area (Å²) in [5.74, 6) is -0.298. The predicted octanol–water partition coefficient (Wildman–Crippen LogP) is 11.3. The topological polar surface area (TPSA) is 307 Å². The Labute approximate surface area is 588 Å². The Morgan fingerprint density at radius 3 is 1.14 bits per heavy atom. The first-order valence-corrected chi connectivity index (χ1v) is 37.4. The van der Waals surface area contributed by atoms with Gasteiger partial charge < -0.3 is 89.9 Å². The molecule has 3 fully saturated rings. The molecule has 560 valence electrons. The molecular weight excluding hydrogens is 1250 g/mol. The molecular formula is C79H131NO18. The van der Waals surface area contributed by atoms with Crippen molar-refractivity contribution in [3.63, 3.8) is 0 Å². The van der Waals surface area contributed by atoms with Crippen molar-refractivity contribution in [1.82, 2.24) is 5.32 Å². The van der Waals surface area contributed by atoms with E-state index in [1.54, 1.807) is 6.08 Å². The normalized spacial score (nSPS) is 27.5. The standard InChI is InChI=1S/C79H131NO18/c1-3-5-7-9-11-13-15-17-19-21-22-23-24-25-26-27-28-29-30-31-32-33-34-35-36-37-38-39-40-41-43-45-47-49-51-53-55-57-67(85)80-62(63(84)56-54-52-50-48-46-44-42-20-18-16-14-12-10-8-6-4-2)61-93-77-73(91)70(88)75(65(59-82)95-77)98-79-74(92)71(89)76(66(60-83)96-79)97-78-72(90)69(87)68(86)64(58-81)94-78/h5,7,11,13,17-20,22-23,25-26,28-29,31-32,34-35,46,48,54,56,62-66,68-79,81-84,86-92H,3-4,6,8-10,12,14-16,21,24,27,30,33,36-45,47,49-53,55,57-61H2,1-2H3,(H,80,85)/b7-5-,13-11-,19-17-,20-18+,23-22-,26-25-,29-28-,32-31-,35-34-,48-46+,56-54+. The molecule has 3 saturated heterocycles. The monoisotopic (exact) mass is 1380 g/mol. The summed E-state index contributed by atoms with van der Waals surface area (Å²) in [6.07, 6.45) is 55.8. The number of carbonyl (C=O) groups is 1. The Bertz CT molecular complexity index is 2290. The highest BCUT2D eigenvalue weighted by Crippen LogP contribution is 2.33. The molecule has 3 aliphatic heterocycles. The van der Waals surface area contributed by atoms with Crippen LogP contribution in [0.4, 0.5) is 0 Å². The van der Waals surface area contributed by atoms with Crippen molar-refractivity contribution in [1.29, 1.82) is 0 Å². The van der Waals surface area contributed by atoms with Crippen LogP contribution in [-0.4, -0.2) is 193 Å². The molecule has 17 unspecified atom stereocenters. The summed E-state index contributed by atoms with van der Waals surface area (Å²) >= 11 is 0. The lowest BCUT2D eigenvalue weighted by Gasteiger charge is -2.48. The fourth-order valence-electron chi connectivity index (χ4n) is 11.6. The zero-order valence-electron chi connectivity index (χ0n) is 59.5. The first-order valence-electron chi connectivity index (χ1n) is 37.4. The van der Waals surface area contributed by atoms with Crippen LogP contribution in [0.2, 0.25) is 0 Å². The van der Waals surface area contributed by atoms with E-state index in [-0.39, 0.29) is 18.9 Å². The molecule has 3 aliphatic rings. The third-order valence-electron chi connectivity index (χ3n) is 17.7. The van der Waals surface area contributed by atoms with Crippen LogP contribution in [0.15, 0.2) is 134 Å². The van der Waals surface area contributed by atoms with Crippen LogP contribution < -0.4 is 5.32 Å². The first-order chi connectivity index (χ1) is 47.8. The van der Waals surface area contributed by atoms with Crippen molar-refractivity contribution in [2.45, 2.75) is 330 Å². The van der Waals surface area contributed by atoms with Crippen molar-refractivity contribution < 1.29 is 89.4 Å². The lowest BCUT2D eigenvalue weighted by molar-refractivity contribution is -0.379. The molecule has 0 saturated carbocycles. The molecule has 0 bridgehead atoms. The third-order valence-corrected chi connectivity index (χ3v) is 17.7. The Hall–Kier alpha value is -4.07. The van der Waals surface area contributed by atoms with Crippen LogP contribution in [0, 0.1) is 0 Å². The van der Waals surface area contributed by atoms with Gasteiger partial charge in [0.2, 0.25) is 5.91 Å². The van der Waals surface area contributed by atoms with Gasteiger partial charge >= 0.3 is 0 Å². The van der Waals surface area contributed by atoms with Crippen LogP contribution in [0.1, 0.15) is 226 Å². The molecule has 0 aromatic carbocycles. The molecule has 17 atom stereocenters. The van der Waals surface area contributed by atoms with E-state index < -0.39 is 124 Å².